The minimum Gasteiger partial charge on any atom is -0.492 e. The van der Waals surface area contributed by atoms with E-state index in [4.69, 9.17) is 16.3 Å². The fourth-order valence-electron chi connectivity index (χ4n) is 2.87. The molecule has 0 atom stereocenters. The van der Waals surface area contributed by atoms with Crippen LogP contribution in [0.5, 0.6) is 5.75 Å². The van der Waals surface area contributed by atoms with Crippen molar-refractivity contribution in [1.29, 1.82) is 0 Å². The Labute approximate surface area is 174 Å². The molecule has 0 bridgehead atoms. The summed E-state index contributed by atoms with van der Waals surface area (Å²) < 4.78 is 8.85. The van der Waals surface area contributed by atoms with Crippen molar-refractivity contribution in [1.82, 2.24) is 14.3 Å². The molecule has 152 valence electrons. The predicted molar refractivity (Wildman–Crippen MR) is 114 cm³/mol. The van der Waals surface area contributed by atoms with Crippen molar-refractivity contribution in [2.24, 2.45) is 7.05 Å². The highest BCUT2D eigenvalue weighted by atomic mass is 35.5. The molecule has 29 heavy (non-hydrogen) atoms. The van der Waals surface area contributed by atoms with Gasteiger partial charge in [-0.1, -0.05) is 35.9 Å². The van der Waals surface area contributed by atoms with Crippen LogP contribution in [-0.2, 0) is 7.05 Å². The summed E-state index contributed by atoms with van der Waals surface area (Å²) in [6.07, 6.45) is 0. The van der Waals surface area contributed by atoms with Crippen molar-refractivity contribution < 1.29 is 9.53 Å². The van der Waals surface area contributed by atoms with Gasteiger partial charge in [0.15, 0.2) is 0 Å². The standard InChI is InChI=1S/C21H23ClN4O3/c1-15-19(20(27)26(25(15)3)17-9-5-4-6-10-17)23-21(28)24(2)12-13-29-18-11-7-8-16(22)14-18/h4-11,14H,12-13H2,1-3H3,(H,23,28). The normalized spacial score (nSPS) is 10.6. The zero-order valence-corrected chi connectivity index (χ0v) is 17.3. The van der Waals surface area contributed by atoms with Crippen molar-refractivity contribution in [3.63, 3.8) is 0 Å². The van der Waals surface area contributed by atoms with Gasteiger partial charge in [0.05, 0.1) is 17.9 Å². The van der Waals surface area contributed by atoms with Crippen LogP contribution in [0, 0.1) is 6.92 Å². The maximum Gasteiger partial charge on any atom is 0.321 e. The lowest BCUT2D eigenvalue weighted by molar-refractivity contribution is 0.207. The summed E-state index contributed by atoms with van der Waals surface area (Å²) in [5.74, 6) is 0.635. The van der Waals surface area contributed by atoms with Crippen molar-refractivity contribution in [3.05, 3.63) is 75.7 Å². The Morgan fingerprint density at radius 1 is 1.17 bits per heavy atom. The van der Waals surface area contributed by atoms with Gasteiger partial charge in [0.25, 0.3) is 5.56 Å². The lowest BCUT2D eigenvalue weighted by Crippen LogP contribution is -2.36. The summed E-state index contributed by atoms with van der Waals surface area (Å²) in [4.78, 5) is 26.9. The molecule has 3 aromatic rings. The van der Waals surface area contributed by atoms with Crippen LogP contribution in [-0.4, -0.2) is 40.5 Å². The lowest BCUT2D eigenvalue weighted by atomic mass is 10.3. The van der Waals surface area contributed by atoms with Gasteiger partial charge in [-0.15, -0.1) is 0 Å². The molecule has 1 N–H and O–H groups in total. The molecule has 1 aromatic heterocycles. The van der Waals surface area contributed by atoms with Gasteiger partial charge < -0.3 is 15.0 Å². The number of carbonyl (C=O) groups excluding carboxylic acids is 1. The third-order valence-electron chi connectivity index (χ3n) is 4.62. The Balaban J connectivity index is 1.66. The molecular formula is C21H23ClN4O3. The predicted octanol–water partition coefficient (Wildman–Crippen LogP) is 3.68. The zero-order valence-electron chi connectivity index (χ0n) is 16.6. The van der Waals surface area contributed by atoms with Crippen LogP contribution in [0.4, 0.5) is 10.5 Å². The minimum absolute atomic E-state index is 0.254. The van der Waals surface area contributed by atoms with Gasteiger partial charge in [-0.2, -0.15) is 0 Å². The van der Waals surface area contributed by atoms with Gasteiger partial charge in [-0.25, -0.2) is 9.48 Å². The molecular weight excluding hydrogens is 392 g/mol. The number of carbonyl (C=O) groups is 1. The number of rotatable bonds is 6. The third-order valence-corrected chi connectivity index (χ3v) is 4.86. The van der Waals surface area contributed by atoms with Gasteiger partial charge >= 0.3 is 6.03 Å². The number of likely N-dealkylation sites (N-methyl/N-ethyl adjacent to an activating group) is 1. The maximum atomic E-state index is 12.9. The molecule has 0 radical (unpaired) electrons. The molecule has 0 aliphatic carbocycles. The van der Waals surface area contributed by atoms with Gasteiger partial charge in [-0.05, 0) is 37.3 Å². The monoisotopic (exact) mass is 414 g/mol. The molecule has 0 saturated carbocycles. The maximum absolute atomic E-state index is 12.9. The molecule has 7 nitrogen and oxygen atoms in total. The van der Waals surface area contributed by atoms with Crippen LogP contribution in [0.2, 0.25) is 5.02 Å². The Morgan fingerprint density at radius 2 is 1.90 bits per heavy atom. The molecule has 0 saturated heterocycles. The van der Waals surface area contributed by atoms with Crippen LogP contribution in [0.15, 0.2) is 59.4 Å². The fourth-order valence-corrected chi connectivity index (χ4v) is 3.05. The van der Waals surface area contributed by atoms with E-state index in [9.17, 15) is 9.59 Å². The largest absolute Gasteiger partial charge is 0.492 e. The van der Waals surface area contributed by atoms with E-state index in [1.54, 1.807) is 50.0 Å². The quantitative estimate of drug-likeness (QED) is 0.669. The van der Waals surface area contributed by atoms with Crippen LogP contribution in [0.1, 0.15) is 5.69 Å². The van der Waals surface area contributed by atoms with E-state index in [0.717, 1.165) is 5.69 Å². The Kier molecular flexibility index (Phi) is 6.29. The smallest absolute Gasteiger partial charge is 0.321 e. The van der Waals surface area contributed by atoms with Crippen LogP contribution < -0.4 is 15.6 Å². The number of nitrogens with one attached hydrogen (secondary N) is 1. The summed E-state index contributed by atoms with van der Waals surface area (Å²) in [6.45, 7) is 2.43. The summed E-state index contributed by atoms with van der Waals surface area (Å²) in [5, 5.41) is 3.31. The topological polar surface area (TPSA) is 68.5 Å². The van der Waals surface area contributed by atoms with E-state index in [-0.39, 0.29) is 17.3 Å². The molecule has 3 rings (SSSR count). The second-order valence-corrected chi connectivity index (χ2v) is 7.03. The van der Waals surface area contributed by atoms with Gasteiger partial charge in [0.1, 0.15) is 18.0 Å². The van der Waals surface area contributed by atoms with Crippen molar-refractivity contribution in [2.75, 3.05) is 25.5 Å². The Bertz CT molecular complexity index is 1060. The van der Waals surface area contributed by atoms with E-state index in [2.05, 4.69) is 5.32 Å². The first-order chi connectivity index (χ1) is 13.9. The van der Waals surface area contributed by atoms with Crippen LogP contribution in [0.3, 0.4) is 0 Å². The number of hydrogen-bond donors (Lipinski definition) is 1. The highest BCUT2D eigenvalue weighted by Gasteiger charge is 2.19. The van der Waals surface area contributed by atoms with E-state index >= 15 is 0 Å². The third kappa shape index (κ3) is 4.63. The molecule has 2 amide bonds. The molecule has 0 fully saturated rings. The van der Waals surface area contributed by atoms with Crippen molar-refractivity contribution >= 4 is 23.3 Å². The number of urea groups is 1. The number of ether oxygens (including phenoxy) is 1. The minimum atomic E-state index is -0.384. The fraction of sp³-hybridized carbons (Fsp3) is 0.238. The van der Waals surface area contributed by atoms with E-state index in [1.165, 1.54) is 9.58 Å². The zero-order chi connectivity index (χ0) is 21.0. The van der Waals surface area contributed by atoms with Crippen LogP contribution >= 0.6 is 11.6 Å². The molecule has 0 aliphatic heterocycles. The number of halogens is 1. The molecule has 0 spiro atoms. The van der Waals surface area contributed by atoms with Crippen molar-refractivity contribution in [3.8, 4) is 11.4 Å². The highest BCUT2D eigenvalue weighted by molar-refractivity contribution is 6.30. The van der Waals surface area contributed by atoms with Gasteiger partial charge in [-0.3, -0.25) is 9.48 Å². The Hall–Kier alpha value is -3.19. The number of amides is 2. The average molecular weight is 415 g/mol. The van der Waals surface area contributed by atoms with Gasteiger partial charge in [0, 0.05) is 19.1 Å². The number of aromatic nitrogens is 2. The lowest BCUT2D eigenvalue weighted by Gasteiger charge is -2.17. The summed E-state index contributed by atoms with van der Waals surface area (Å²) in [5.41, 5.74) is 1.36. The number of hydrogen-bond acceptors (Lipinski definition) is 3. The second-order valence-electron chi connectivity index (χ2n) is 6.59. The number of anilines is 1. The highest BCUT2D eigenvalue weighted by Crippen LogP contribution is 2.17. The first-order valence-electron chi connectivity index (χ1n) is 9.13. The molecule has 8 heteroatoms. The summed E-state index contributed by atoms with van der Waals surface area (Å²) in [6, 6.07) is 16.0. The van der Waals surface area contributed by atoms with Gasteiger partial charge in [0.2, 0.25) is 0 Å². The molecule has 0 unspecified atom stereocenters. The second kappa shape index (κ2) is 8.87. The van der Waals surface area contributed by atoms with E-state index < -0.39 is 0 Å². The average Bonchev–Trinajstić information content (AvgIpc) is 2.92. The molecule has 0 aliphatic rings. The first kappa shape index (κ1) is 20.5. The molecule has 1 heterocycles. The molecule has 2 aromatic carbocycles. The van der Waals surface area contributed by atoms with Crippen LogP contribution in [0.25, 0.3) is 5.69 Å². The van der Waals surface area contributed by atoms with E-state index in [1.807, 2.05) is 30.3 Å². The summed E-state index contributed by atoms with van der Waals surface area (Å²) in [7, 11) is 3.42. The number of para-hydroxylation sites is 1. The number of nitrogens with zero attached hydrogens (tertiary/aromatic N) is 3. The van der Waals surface area contributed by atoms with Crippen molar-refractivity contribution in [2.45, 2.75) is 6.92 Å². The first-order valence-corrected chi connectivity index (χ1v) is 9.51. The Morgan fingerprint density at radius 3 is 2.59 bits per heavy atom. The summed E-state index contributed by atoms with van der Waals surface area (Å²) >= 11 is 5.93. The SMILES string of the molecule is Cc1c(NC(=O)N(C)CCOc2cccc(Cl)c2)c(=O)n(-c2ccccc2)n1C. The number of benzene rings is 2. The van der Waals surface area contributed by atoms with E-state index in [0.29, 0.717) is 29.6 Å².